The van der Waals surface area contributed by atoms with Gasteiger partial charge < -0.3 is 4.42 Å². The number of benzene rings is 1. The van der Waals surface area contributed by atoms with E-state index in [2.05, 4.69) is 19.1 Å². The molecule has 0 saturated carbocycles. The summed E-state index contributed by atoms with van der Waals surface area (Å²) in [7, 11) is 0. The highest BCUT2D eigenvalue weighted by molar-refractivity contribution is 5.97. The Labute approximate surface area is 108 Å². The third kappa shape index (κ3) is 2.81. The molecular formula is C16H20O2. The van der Waals surface area contributed by atoms with Crippen molar-refractivity contribution >= 4 is 16.8 Å². The zero-order valence-electron chi connectivity index (χ0n) is 11.2. The molecule has 0 spiro atoms. The van der Waals surface area contributed by atoms with Crippen LogP contribution in [0.25, 0.3) is 11.0 Å². The number of Topliss-reactive ketones (excluding diaryl/α,β-unsaturated/α-hetero) is 1. The largest absolute Gasteiger partial charge is 0.453 e. The lowest BCUT2D eigenvalue weighted by Crippen LogP contribution is -1.94. The Kier molecular flexibility index (Phi) is 4.19. The SMILES string of the molecule is CCCCc1ccc2oc(C(=O)CCC)cc2c1. The zero-order chi connectivity index (χ0) is 13.0. The topological polar surface area (TPSA) is 30.2 Å². The number of hydrogen-bond donors (Lipinski definition) is 0. The van der Waals surface area contributed by atoms with Gasteiger partial charge in [-0.05, 0) is 43.0 Å². The van der Waals surface area contributed by atoms with Crippen LogP contribution < -0.4 is 0 Å². The molecule has 2 rings (SSSR count). The quantitative estimate of drug-likeness (QED) is 0.686. The standard InChI is InChI=1S/C16H20O2/c1-3-5-7-12-8-9-15-13(10-12)11-16(18-15)14(17)6-4-2/h8-11H,3-7H2,1-2H3. The number of hydrogen-bond acceptors (Lipinski definition) is 2. The Morgan fingerprint density at radius 2 is 2.00 bits per heavy atom. The van der Waals surface area contributed by atoms with E-state index in [1.165, 1.54) is 18.4 Å². The van der Waals surface area contributed by atoms with Crippen LogP contribution in [0.2, 0.25) is 0 Å². The number of furan rings is 1. The molecule has 2 aromatic rings. The Bertz CT molecular complexity index is 537. The van der Waals surface area contributed by atoms with Crippen molar-refractivity contribution in [2.45, 2.75) is 46.0 Å². The minimum Gasteiger partial charge on any atom is -0.453 e. The van der Waals surface area contributed by atoms with Crippen LogP contribution in [0.4, 0.5) is 0 Å². The van der Waals surface area contributed by atoms with Crippen molar-refractivity contribution in [3.05, 3.63) is 35.6 Å². The van der Waals surface area contributed by atoms with Gasteiger partial charge in [-0.2, -0.15) is 0 Å². The molecule has 18 heavy (non-hydrogen) atoms. The predicted molar refractivity (Wildman–Crippen MR) is 74.1 cm³/mol. The Balaban J connectivity index is 2.25. The van der Waals surface area contributed by atoms with Gasteiger partial charge >= 0.3 is 0 Å². The molecule has 0 atom stereocenters. The molecule has 0 aliphatic rings. The molecular weight excluding hydrogens is 224 g/mol. The molecule has 0 aliphatic carbocycles. The Morgan fingerprint density at radius 3 is 2.72 bits per heavy atom. The first-order chi connectivity index (χ1) is 8.74. The molecule has 1 aromatic carbocycles. The average Bonchev–Trinajstić information content (AvgIpc) is 2.79. The molecule has 2 heteroatoms. The summed E-state index contributed by atoms with van der Waals surface area (Å²) >= 11 is 0. The van der Waals surface area contributed by atoms with E-state index >= 15 is 0 Å². The van der Waals surface area contributed by atoms with E-state index in [0.29, 0.717) is 12.2 Å². The van der Waals surface area contributed by atoms with Gasteiger partial charge in [0, 0.05) is 11.8 Å². The van der Waals surface area contributed by atoms with Crippen molar-refractivity contribution < 1.29 is 9.21 Å². The monoisotopic (exact) mass is 244 g/mol. The third-order valence-electron chi connectivity index (χ3n) is 3.15. The molecule has 0 bridgehead atoms. The molecule has 0 saturated heterocycles. The summed E-state index contributed by atoms with van der Waals surface area (Å²) in [6.45, 7) is 4.20. The Hall–Kier alpha value is -1.57. The minimum atomic E-state index is 0.101. The lowest BCUT2D eigenvalue weighted by Gasteiger charge is -1.98. The Morgan fingerprint density at radius 1 is 1.17 bits per heavy atom. The maximum atomic E-state index is 11.8. The number of fused-ring (bicyclic) bond motifs is 1. The summed E-state index contributed by atoms with van der Waals surface area (Å²) in [5.74, 6) is 0.600. The van der Waals surface area contributed by atoms with Gasteiger partial charge in [0.25, 0.3) is 0 Å². The van der Waals surface area contributed by atoms with Gasteiger partial charge in [0.2, 0.25) is 0 Å². The first-order valence-electron chi connectivity index (χ1n) is 6.80. The molecule has 0 fully saturated rings. The second-order valence-corrected chi connectivity index (χ2v) is 4.76. The van der Waals surface area contributed by atoms with Crippen molar-refractivity contribution in [2.75, 3.05) is 0 Å². The summed E-state index contributed by atoms with van der Waals surface area (Å²) in [5.41, 5.74) is 2.13. The first-order valence-corrected chi connectivity index (χ1v) is 6.80. The van der Waals surface area contributed by atoms with Crippen LogP contribution in [0.5, 0.6) is 0 Å². The van der Waals surface area contributed by atoms with E-state index < -0.39 is 0 Å². The van der Waals surface area contributed by atoms with Crippen LogP contribution in [-0.2, 0) is 6.42 Å². The van der Waals surface area contributed by atoms with Gasteiger partial charge in [-0.25, -0.2) is 0 Å². The normalized spacial score (nSPS) is 11.0. The molecule has 0 amide bonds. The maximum absolute atomic E-state index is 11.8. The molecule has 96 valence electrons. The molecule has 0 aliphatic heterocycles. The van der Waals surface area contributed by atoms with Crippen LogP contribution in [0.15, 0.2) is 28.7 Å². The van der Waals surface area contributed by atoms with E-state index in [9.17, 15) is 4.79 Å². The summed E-state index contributed by atoms with van der Waals surface area (Å²) in [6.07, 6.45) is 4.91. The van der Waals surface area contributed by atoms with Crippen molar-refractivity contribution in [2.24, 2.45) is 0 Å². The van der Waals surface area contributed by atoms with Crippen LogP contribution in [0.3, 0.4) is 0 Å². The summed E-state index contributed by atoms with van der Waals surface area (Å²) < 4.78 is 5.59. The van der Waals surface area contributed by atoms with Gasteiger partial charge in [0.1, 0.15) is 5.58 Å². The fraction of sp³-hybridized carbons (Fsp3) is 0.438. The highest BCUT2D eigenvalue weighted by atomic mass is 16.3. The second-order valence-electron chi connectivity index (χ2n) is 4.76. The number of ketones is 1. The van der Waals surface area contributed by atoms with Gasteiger partial charge in [-0.15, -0.1) is 0 Å². The van der Waals surface area contributed by atoms with E-state index in [1.807, 2.05) is 19.1 Å². The fourth-order valence-electron chi connectivity index (χ4n) is 2.12. The average molecular weight is 244 g/mol. The van der Waals surface area contributed by atoms with E-state index in [4.69, 9.17) is 4.42 Å². The maximum Gasteiger partial charge on any atom is 0.198 e. The fourth-order valence-corrected chi connectivity index (χ4v) is 2.12. The molecule has 1 aromatic heterocycles. The van der Waals surface area contributed by atoms with Crippen LogP contribution >= 0.6 is 0 Å². The van der Waals surface area contributed by atoms with E-state index in [0.717, 1.165) is 23.8 Å². The third-order valence-corrected chi connectivity index (χ3v) is 3.15. The van der Waals surface area contributed by atoms with Crippen LogP contribution in [-0.4, -0.2) is 5.78 Å². The number of carbonyl (C=O) groups excluding carboxylic acids is 1. The molecule has 0 unspecified atom stereocenters. The zero-order valence-corrected chi connectivity index (χ0v) is 11.2. The van der Waals surface area contributed by atoms with Crippen molar-refractivity contribution in [1.82, 2.24) is 0 Å². The summed E-state index contributed by atoms with van der Waals surface area (Å²) in [5, 5.41) is 1.04. The molecule has 0 radical (unpaired) electrons. The highest BCUT2D eigenvalue weighted by Crippen LogP contribution is 2.22. The minimum absolute atomic E-state index is 0.101. The molecule has 0 N–H and O–H groups in total. The van der Waals surface area contributed by atoms with E-state index in [1.54, 1.807) is 0 Å². The van der Waals surface area contributed by atoms with Crippen LogP contribution in [0, 0.1) is 0 Å². The predicted octanol–water partition coefficient (Wildman–Crippen LogP) is 4.76. The van der Waals surface area contributed by atoms with Crippen molar-refractivity contribution in [3.63, 3.8) is 0 Å². The number of unbranched alkanes of at least 4 members (excludes halogenated alkanes) is 1. The van der Waals surface area contributed by atoms with Gasteiger partial charge in [-0.3, -0.25) is 4.79 Å². The number of rotatable bonds is 6. The van der Waals surface area contributed by atoms with Gasteiger partial charge in [0.05, 0.1) is 0 Å². The molecule has 1 heterocycles. The van der Waals surface area contributed by atoms with Gasteiger partial charge in [-0.1, -0.05) is 26.3 Å². The highest BCUT2D eigenvalue weighted by Gasteiger charge is 2.11. The lowest BCUT2D eigenvalue weighted by atomic mass is 10.1. The van der Waals surface area contributed by atoms with E-state index in [-0.39, 0.29) is 5.78 Å². The summed E-state index contributed by atoms with van der Waals surface area (Å²) in [6, 6.07) is 8.08. The second kappa shape index (κ2) is 5.85. The van der Waals surface area contributed by atoms with Crippen molar-refractivity contribution in [3.8, 4) is 0 Å². The smallest absolute Gasteiger partial charge is 0.198 e. The lowest BCUT2D eigenvalue weighted by molar-refractivity contribution is 0.0957. The molecule has 2 nitrogen and oxygen atoms in total. The number of carbonyl (C=O) groups is 1. The van der Waals surface area contributed by atoms with Crippen molar-refractivity contribution in [1.29, 1.82) is 0 Å². The number of aryl methyl sites for hydroxylation is 1. The van der Waals surface area contributed by atoms with Crippen LogP contribution in [0.1, 0.15) is 55.6 Å². The van der Waals surface area contributed by atoms with Gasteiger partial charge in [0.15, 0.2) is 11.5 Å². The summed E-state index contributed by atoms with van der Waals surface area (Å²) in [4.78, 5) is 11.8. The first kappa shape index (κ1) is 12.9.